The maximum atomic E-state index is 5.97. The first-order chi connectivity index (χ1) is 10.3. The van der Waals surface area contributed by atoms with Crippen molar-refractivity contribution in [2.24, 2.45) is 11.0 Å². The molecule has 0 fully saturated rings. The van der Waals surface area contributed by atoms with Crippen LogP contribution in [0.15, 0.2) is 47.8 Å². The average molecular weight is 298 g/mol. The van der Waals surface area contributed by atoms with Crippen LogP contribution in [0, 0.1) is 5.92 Å². The Morgan fingerprint density at radius 3 is 2.81 bits per heavy atom. The Morgan fingerprint density at radius 1 is 1.10 bits per heavy atom. The normalized spacial score (nSPS) is 20.5. The summed E-state index contributed by atoms with van der Waals surface area (Å²) >= 11 is 5.97. The minimum Gasteiger partial charge on any atom is -0.265 e. The SMILES string of the molecule is Clc1ccc(N2CCC3CCc4ccncc4C3=N2)cc1. The summed E-state index contributed by atoms with van der Waals surface area (Å²) in [4.78, 5) is 4.28. The van der Waals surface area contributed by atoms with Crippen molar-refractivity contribution in [1.82, 2.24) is 4.98 Å². The molecular formula is C17H16ClN3. The smallest absolute Gasteiger partial charge is 0.0731 e. The number of anilines is 1. The number of hydrogen-bond donors (Lipinski definition) is 0. The van der Waals surface area contributed by atoms with E-state index in [-0.39, 0.29) is 0 Å². The first kappa shape index (κ1) is 12.8. The topological polar surface area (TPSA) is 28.5 Å². The van der Waals surface area contributed by atoms with Crippen LogP contribution in [0.5, 0.6) is 0 Å². The van der Waals surface area contributed by atoms with Gasteiger partial charge in [-0.05, 0) is 55.2 Å². The van der Waals surface area contributed by atoms with Crippen molar-refractivity contribution < 1.29 is 0 Å². The molecule has 1 unspecified atom stereocenters. The third-order valence-corrected chi connectivity index (χ3v) is 4.63. The standard InChI is InChI=1S/C17H16ClN3/c18-14-3-5-15(6-4-14)21-10-8-13-2-1-12-7-9-19-11-16(12)17(13)20-21/h3-7,9,11,13H,1-2,8,10H2. The number of nitrogens with zero attached hydrogens (tertiary/aromatic N) is 3. The molecule has 3 nitrogen and oxygen atoms in total. The molecule has 4 heteroatoms. The Labute approximate surface area is 129 Å². The van der Waals surface area contributed by atoms with Gasteiger partial charge in [-0.25, -0.2) is 0 Å². The lowest BCUT2D eigenvalue weighted by Crippen LogP contribution is -2.35. The van der Waals surface area contributed by atoms with Gasteiger partial charge < -0.3 is 0 Å². The predicted octanol–water partition coefficient (Wildman–Crippen LogP) is 3.91. The highest BCUT2D eigenvalue weighted by Gasteiger charge is 2.30. The molecule has 4 rings (SSSR count). The molecule has 2 aliphatic rings. The Morgan fingerprint density at radius 2 is 1.95 bits per heavy atom. The Kier molecular flexibility index (Phi) is 3.15. The first-order valence-electron chi connectivity index (χ1n) is 7.36. The number of rotatable bonds is 1. The van der Waals surface area contributed by atoms with Gasteiger partial charge in [0.15, 0.2) is 0 Å². The molecule has 0 saturated heterocycles. The molecular weight excluding hydrogens is 282 g/mol. The molecule has 1 aliphatic carbocycles. The molecule has 0 spiro atoms. The quantitative estimate of drug-likeness (QED) is 0.798. The summed E-state index contributed by atoms with van der Waals surface area (Å²) < 4.78 is 0. The zero-order valence-corrected chi connectivity index (χ0v) is 12.4. The van der Waals surface area contributed by atoms with E-state index in [1.54, 1.807) is 0 Å². The van der Waals surface area contributed by atoms with Crippen LogP contribution in [0.3, 0.4) is 0 Å². The van der Waals surface area contributed by atoms with Gasteiger partial charge in [0.1, 0.15) is 0 Å². The van der Waals surface area contributed by atoms with Gasteiger partial charge in [-0.2, -0.15) is 5.10 Å². The molecule has 0 bridgehead atoms. The maximum Gasteiger partial charge on any atom is 0.0731 e. The van der Waals surface area contributed by atoms with Crippen LogP contribution in [0.2, 0.25) is 5.02 Å². The van der Waals surface area contributed by atoms with E-state index in [0.29, 0.717) is 5.92 Å². The number of hydrogen-bond acceptors (Lipinski definition) is 3. The van der Waals surface area contributed by atoms with E-state index in [0.717, 1.165) is 30.1 Å². The maximum absolute atomic E-state index is 5.97. The average Bonchev–Trinajstić information content (AvgIpc) is 2.55. The molecule has 0 saturated carbocycles. The molecule has 0 N–H and O–H groups in total. The molecule has 106 valence electrons. The van der Waals surface area contributed by atoms with Crippen molar-refractivity contribution >= 4 is 23.0 Å². The molecule has 1 atom stereocenters. The summed E-state index contributed by atoms with van der Waals surface area (Å²) in [6, 6.07) is 10.0. The van der Waals surface area contributed by atoms with Crippen molar-refractivity contribution in [2.75, 3.05) is 11.6 Å². The van der Waals surface area contributed by atoms with Gasteiger partial charge in [0.25, 0.3) is 0 Å². The van der Waals surface area contributed by atoms with Gasteiger partial charge in [-0.3, -0.25) is 9.99 Å². The molecule has 21 heavy (non-hydrogen) atoms. The summed E-state index contributed by atoms with van der Waals surface area (Å²) in [6.45, 7) is 0.964. The molecule has 2 aromatic rings. The van der Waals surface area contributed by atoms with E-state index in [2.05, 4.69) is 16.1 Å². The largest absolute Gasteiger partial charge is 0.265 e. The van der Waals surface area contributed by atoms with Crippen LogP contribution >= 0.6 is 11.6 Å². The highest BCUT2D eigenvalue weighted by atomic mass is 35.5. The summed E-state index contributed by atoms with van der Waals surface area (Å²) in [7, 11) is 0. The minimum absolute atomic E-state index is 0.574. The Bertz CT molecular complexity index is 693. The van der Waals surface area contributed by atoms with Crippen molar-refractivity contribution in [2.45, 2.75) is 19.3 Å². The molecule has 0 radical (unpaired) electrons. The number of aryl methyl sites for hydroxylation is 1. The fraction of sp³-hybridized carbons (Fsp3) is 0.294. The zero-order valence-electron chi connectivity index (χ0n) is 11.7. The summed E-state index contributed by atoms with van der Waals surface area (Å²) in [5.74, 6) is 0.574. The monoisotopic (exact) mass is 297 g/mol. The van der Waals surface area contributed by atoms with Gasteiger partial charge in [0.05, 0.1) is 11.4 Å². The third kappa shape index (κ3) is 2.32. The second-order valence-corrected chi connectivity index (χ2v) is 6.08. The van der Waals surface area contributed by atoms with Gasteiger partial charge in [0, 0.05) is 35.4 Å². The predicted molar refractivity (Wildman–Crippen MR) is 86.0 cm³/mol. The van der Waals surface area contributed by atoms with E-state index < -0.39 is 0 Å². The van der Waals surface area contributed by atoms with Crippen LogP contribution in [-0.2, 0) is 6.42 Å². The highest BCUT2D eigenvalue weighted by molar-refractivity contribution is 6.30. The Hall–Kier alpha value is -1.87. The van der Waals surface area contributed by atoms with Crippen LogP contribution in [-0.4, -0.2) is 17.2 Å². The second-order valence-electron chi connectivity index (χ2n) is 5.64. The van der Waals surface area contributed by atoms with Gasteiger partial charge in [0.2, 0.25) is 0 Å². The summed E-state index contributed by atoms with van der Waals surface area (Å²) in [6.07, 6.45) is 7.33. The van der Waals surface area contributed by atoms with E-state index in [1.807, 2.05) is 36.7 Å². The molecule has 1 aromatic carbocycles. The van der Waals surface area contributed by atoms with Crippen molar-refractivity contribution in [3.63, 3.8) is 0 Å². The van der Waals surface area contributed by atoms with Crippen LogP contribution < -0.4 is 5.01 Å². The second kappa shape index (κ2) is 5.15. The molecule has 1 aromatic heterocycles. The zero-order chi connectivity index (χ0) is 14.2. The minimum atomic E-state index is 0.574. The fourth-order valence-corrected chi connectivity index (χ4v) is 3.36. The molecule has 1 aliphatic heterocycles. The van der Waals surface area contributed by atoms with E-state index in [4.69, 9.17) is 16.7 Å². The van der Waals surface area contributed by atoms with Crippen molar-refractivity contribution in [3.8, 4) is 0 Å². The number of hydrazone groups is 1. The highest BCUT2D eigenvalue weighted by Crippen LogP contribution is 2.32. The summed E-state index contributed by atoms with van der Waals surface area (Å²) in [5, 5.41) is 7.76. The van der Waals surface area contributed by atoms with Crippen molar-refractivity contribution in [1.29, 1.82) is 0 Å². The fourth-order valence-electron chi connectivity index (χ4n) is 3.23. The third-order valence-electron chi connectivity index (χ3n) is 4.38. The summed E-state index contributed by atoms with van der Waals surface area (Å²) in [5.41, 5.74) is 4.90. The van der Waals surface area contributed by atoms with E-state index in [9.17, 15) is 0 Å². The first-order valence-corrected chi connectivity index (χ1v) is 7.74. The lowest BCUT2D eigenvalue weighted by Gasteiger charge is -2.34. The number of aromatic nitrogens is 1. The van der Waals surface area contributed by atoms with Gasteiger partial charge >= 0.3 is 0 Å². The number of pyridine rings is 1. The lowest BCUT2D eigenvalue weighted by atomic mass is 9.80. The van der Waals surface area contributed by atoms with Gasteiger partial charge in [-0.1, -0.05) is 11.6 Å². The lowest BCUT2D eigenvalue weighted by molar-refractivity contribution is 0.531. The van der Waals surface area contributed by atoms with Crippen molar-refractivity contribution in [3.05, 3.63) is 58.9 Å². The number of fused-ring (bicyclic) bond motifs is 3. The van der Waals surface area contributed by atoms with Crippen LogP contribution in [0.25, 0.3) is 0 Å². The molecule has 2 heterocycles. The van der Waals surface area contributed by atoms with E-state index >= 15 is 0 Å². The Balaban J connectivity index is 1.74. The van der Waals surface area contributed by atoms with Gasteiger partial charge in [-0.15, -0.1) is 0 Å². The number of benzene rings is 1. The van der Waals surface area contributed by atoms with Crippen LogP contribution in [0.4, 0.5) is 5.69 Å². The number of halogens is 1. The van der Waals surface area contributed by atoms with E-state index in [1.165, 1.54) is 23.3 Å². The molecule has 0 amide bonds. The van der Waals surface area contributed by atoms with Crippen LogP contribution in [0.1, 0.15) is 24.0 Å².